The molecule has 1 aromatic carbocycles. The molecule has 1 aromatic rings. The van der Waals surface area contributed by atoms with Crippen LogP contribution in [-0.4, -0.2) is 61.0 Å². The number of rotatable bonds is 5. The molecule has 0 N–H and O–H groups in total. The lowest BCUT2D eigenvalue weighted by atomic mass is 9.79. The van der Waals surface area contributed by atoms with Crippen LogP contribution < -0.4 is 4.74 Å². The normalized spacial score (nSPS) is 24.0. The van der Waals surface area contributed by atoms with Gasteiger partial charge in [0.2, 0.25) is 5.91 Å². The zero-order valence-electron chi connectivity index (χ0n) is 15.1. The maximum Gasteiger partial charge on any atom is 0.232 e. The van der Waals surface area contributed by atoms with Crippen LogP contribution in [0.5, 0.6) is 5.75 Å². The van der Waals surface area contributed by atoms with E-state index in [0.717, 1.165) is 45.4 Å². The summed E-state index contributed by atoms with van der Waals surface area (Å²) in [6.45, 7) is 4.23. The number of likely N-dealkylation sites (tertiary alicyclic amines) is 2. The molecule has 0 aromatic heterocycles. The average Bonchev–Trinajstić information content (AvgIpc) is 3.00. The Kier molecular flexibility index (Phi) is 5.89. The minimum Gasteiger partial charge on any atom is -0.497 e. The van der Waals surface area contributed by atoms with Gasteiger partial charge in [0, 0.05) is 37.2 Å². The Morgan fingerprint density at radius 3 is 2.92 bits per heavy atom. The number of carbonyl (C=O) groups excluding carboxylic acids is 1. The molecule has 2 heterocycles. The average molecular weight is 367 g/mol. The Labute approximate surface area is 153 Å². The van der Waals surface area contributed by atoms with E-state index in [0.29, 0.717) is 23.6 Å². The number of amides is 1. The summed E-state index contributed by atoms with van der Waals surface area (Å²) >= 11 is 1.58. The second kappa shape index (κ2) is 7.96. The molecule has 0 saturated carbocycles. The Morgan fingerprint density at radius 1 is 1.32 bits per heavy atom. The van der Waals surface area contributed by atoms with E-state index in [1.807, 2.05) is 11.2 Å². The molecular weight excluding hydrogens is 339 g/mol. The highest BCUT2D eigenvalue weighted by atomic mass is 32.2. The number of nitrogens with zero attached hydrogens (tertiary/aromatic N) is 2. The van der Waals surface area contributed by atoms with Gasteiger partial charge in [0.05, 0.1) is 12.9 Å². The van der Waals surface area contributed by atoms with Crippen molar-refractivity contribution in [1.82, 2.24) is 9.80 Å². The van der Waals surface area contributed by atoms with E-state index in [1.54, 1.807) is 31.0 Å². The molecule has 0 bridgehead atoms. The number of carbonyl (C=O) groups is 1. The summed E-state index contributed by atoms with van der Waals surface area (Å²) in [7, 11) is 1.60. The standard InChI is InChI=1S/C19H27FN2O2S/c1-24-16-4-5-17(20)15(10-16)11-21-8-3-6-19(13-21)7-9-22(14-19)18(23)12-25-2/h4-5,10H,3,6-9,11-14H2,1-2H3/t19-/m1/s1. The number of ether oxygens (including phenoxy) is 1. The largest absolute Gasteiger partial charge is 0.497 e. The van der Waals surface area contributed by atoms with Crippen molar-refractivity contribution in [3.63, 3.8) is 0 Å². The number of piperidine rings is 1. The third-order valence-electron chi connectivity index (χ3n) is 5.45. The lowest BCUT2D eigenvalue weighted by Gasteiger charge is -2.40. The van der Waals surface area contributed by atoms with Crippen LogP contribution in [0.4, 0.5) is 4.39 Å². The number of halogens is 1. The summed E-state index contributed by atoms with van der Waals surface area (Å²) in [6.07, 6.45) is 5.29. The van der Waals surface area contributed by atoms with Gasteiger partial charge in [-0.2, -0.15) is 11.8 Å². The van der Waals surface area contributed by atoms with Gasteiger partial charge in [-0.05, 0) is 50.3 Å². The van der Waals surface area contributed by atoms with Gasteiger partial charge >= 0.3 is 0 Å². The summed E-state index contributed by atoms with van der Waals surface area (Å²) in [5, 5.41) is 0. The van der Waals surface area contributed by atoms with Crippen LogP contribution >= 0.6 is 11.8 Å². The van der Waals surface area contributed by atoms with Crippen molar-refractivity contribution < 1.29 is 13.9 Å². The van der Waals surface area contributed by atoms with Crippen molar-refractivity contribution in [1.29, 1.82) is 0 Å². The Morgan fingerprint density at radius 2 is 2.16 bits per heavy atom. The van der Waals surface area contributed by atoms with Gasteiger partial charge in [0.25, 0.3) is 0 Å². The molecule has 6 heteroatoms. The maximum atomic E-state index is 14.1. The topological polar surface area (TPSA) is 32.8 Å². The molecule has 2 aliphatic heterocycles. The van der Waals surface area contributed by atoms with Crippen molar-refractivity contribution >= 4 is 17.7 Å². The molecule has 1 atom stereocenters. The van der Waals surface area contributed by atoms with Crippen molar-refractivity contribution in [2.75, 3.05) is 45.3 Å². The van der Waals surface area contributed by atoms with Gasteiger partial charge in [-0.15, -0.1) is 0 Å². The van der Waals surface area contributed by atoms with E-state index in [-0.39, 0.29) is 17.1 Å². The molecule has 3 rings (SSSR count). The van der Waals surface area contributed by atoms with Crippen LogP contribution in [0.1, 0.15) is 24.8 Å². The smallest absolute Gasteiger partial charge is 0.232 e. The number of hydrogen-bond acceptors (Lipinski definition) is 4. The fourth-order valence-corrected chi connectivity index (χ4v) is 4.61. The van der Waals surface area contributed by atoms with Gasteiger partial charge < -0.3 is 9.64 Å². The summed E-state index contributed by atoms with van der Waals surface area (Å²) in [4.78, 5) is 16.5. The van der Waals surface area contributed by atoms with E-state index in [2.05, 4.69) is 4.90 Å². The SMILES string of the molecule is COc1ccc(F)c(CN2CCC[C@@]3(CCN(C(=O)CSC)C3)C2)c1. The van der Waals surface area contributed by atoms with E-state index < -0.39 is 0 Å². The van der Waals surface area contributed by atoms with Crippen LogP contribution in [0.2, 0.25) is 0 Å². The van der Waals surface area contributed by atoms with Crippen molar-refractivity contribution in [3.05, 3.63) is 29.6 Å². The van der Waals surface area contributed by atoms with Crippen LogP contribution in [0.15, 0.2) is 18.2 Å². The molecule has 4 nitrogen and oxygen atoms in total. The van der Waals surface area contributed by atoms with Gasteiger partial charge in [0.1, 0.15) is 11.6 Å². The van der Waals surface area contributed by atoms with Gasteiger partial charge in [-0.1, -0.05) is 0 Å². The third kappa shape index (κ3) is 4.29. The van der Waals surface area contributed by atoms with Crippen LogP contribution in [0.3, 0.4) is 0 Å². The molecule has 138 valence electrons. The molecule has 2 saturated heterocycles. The van der Waals surface area contributed by atoms with Crippen molar-refractivity contribution in [3.8, 4) is 5.75 Å². The summed E-state index contributed by atoms with van der Waals surface area (Å²) < 4.78 is 19.4. The van der Waals surface area contributed by atoms with E-state index in [4.69, 9.17) is 4.74 Å². The van der Waals surface area contributed by atoms with Crippen molar-refractivity contribution in [2.45, 2.75) is 25.8 Å². The fraction of sp³-hybridized carbons (Fsp3) is 0.632. The van der Waals surface area contributed by atoms with Gasteiger partial charge in [-0.25, -0.2) is 4.39 Å². The molecule has 1 spiro atoms. The first-order chi connectivity index (χ1) is 12.0. The predicted molar refractivity (Wildman–Crippen MR) is 99.5 cm³/mol. The zero-order chi connectivity index (χ0) is 17.9. The first-order valence-electron chi connectivity index (χ1n) is 8.87. The number of methoxy groups -OCH3 is 1. The lowest BCUT2D eigenvalue weighted by Crippen LogP contribution is -2.45. The number of benzene rings is 1. The second-order valence-corrected chi connectivity index (χ2v) is 8.14. The Balaban J connectivity index is 1.65. The first-order valence-corrected chi connectivity index (χ1v) is 10.3. The van der Waals surface area contributed by atoms with Crippen LogP contribution in [0.25, 0.3) is 0 Å². The molecular formula is C19H27FN2O2S. The quantitative estimate of drug-likeness (QED) is 0.802. The second-order valence-electron chi connectivity index (χ2n) is 7.27. The molecule has 2 aliphatic rings. The fourth-order valence-electron chi connectivity index (χ4n) is 4.18. The molecule has 0 unspecified atom stereocenters. The highest BCUT2D eigenvalue weighted by Crippen LogP contribution is 2.39. The van der Waals surface area contributed by atoms with E-state index >= 15 is 0 Å². The number of thioether (sulfide) groups is 1. The van der Waals surface area contributed by atoms with Crippen LogP contribution in [-0.2, 0) is 11.3 Å². The molecule has 1 amide bonds. The number of hydrogen-bond donors (Lipinski definition) is 0. The zero-order valence-corrected chi connectivity index (χ0v) is 15.9. The molecule has 0 radical (unpaired) electrons. The summed E-state index contributed by atoms with van der Waals surface area (Å²) in [5.41, 5.74) is 0.867. The monoisotopic (exact) mass is 366 g/mol. The maximum absolute atomic E-state index is 14.1. The highest BCUT2D eigenvalue weighted by molar-refractivity contribution is 7.99. The molecule has 0 aliphatic carbocycles. The minimum atomic E-state index is -0.177. The van der Waals surface area contributed by atoms with Crippen LogP contribution in [0, 0.1) is 11.2 Å². The highest BCUT2D eigenvalue weighted by Gasteiger charge is 2.42. The first kappa shape index (κ1) is 18.5. The van der Waals surface area contributed by atoms with Crippen molar-refractivity contribution in [2.24, 2.45) is 5.41 Å². The van der Waals surface area contributed by atoms with E-state index in [9.17, 15) is 9.18 Å². The molecule has 2 fully saturated rings. The molecule has 25 heavy (non-hydrogen) atoms. The predicted octanol–water partition coefficient (Wildman–Crippen LogP) is 3.01. The van der Waals surface area contributed by atoms with Gasteiger partial charge in [-0.3, -0.25) is 9.69 Å². The third-order valence-corrected chi connectivity index (χ3v) is 5.98. The summed E-state index contributed by atoms with van der Waals surface area (Å²) in [6, 6.07) is 4.93. The Bertz CT molecular complexity index is 627. The van der Waals surface area contributed by atoms with E-state index in [1.165, 1.54) is 6.07 Å². The van der Waals surface area contributed by atoms with Gasteiger partial charge in [0.15, 0.2) is 0 Å². The lowest BCUT2D eigenvalue weighted by molar-refractivity contribution is -0.127. The minimum absolute atomic E-state index is 0.177. The summed E-state index contributed by atoms with van der Waals surface area (Å²) in [5.74, 6) is 1.33. The Hall–Kier alpha value is -1.27.